The molecule has 9 amide bonds. The van der Waals surface area contributed by atoms with Crippen LogP contribution in [0.5, 0.6) is 0 Å². The second-order valence-electron chi connectivity index (χ2n) is 16.9. The number of carboxylic acids is 2. The average molecular weight is 1020 g/mol. The first-order valence-corrected chi connectivity index (χ1v) is 22.8. The minimum Gasteiger partial charge on any atom is -0.481 e. The number of carbonyl (C=O) groups excluding carboxylic acids is 9. The molecular formula is C43H67N13O16. The number of carboxylic acid groups (broad SMARTS) is 2. The number of nitrogens with two attached hydrogens (primary N) is 3. The van der Waals surface area contributed by atoms with Gasteiger partial charge in [0.15, 0.2) is 5.96 Å². The lowest BCUT2D eigenvalue weighted by molar-refractivity contribution is -0.143. The molecule has 0 bridgehead atoms. The van der Waals surface area contributed by atoms with Crippen LogP contribution in [-0.4, -0.2) is 196 Å². The number of rotatable bonds is 31. The van der Waals surface area contributed by atoms with Crippen LogP contribution in [0.1, 0.15) is 57.9 Å². The average Bonchev–Trinajstić information content (AvgIpc) is 3.83. The Morgan fingerprint density at radius 3 is 1.72 bits per heavy atom. The minimum absolute atomic E-state index is 0.00766. The quantitative estimate of drug-likeness (QED) is 0.0187. The minimum atomic E-state index is -1.90. The number of benzene rings is 1. The van der Waals surface area contributed by atoms with Gasteiger partial charge in [0.1, 0.15) is 54.9 Å². The van der Waals surface area contributed by atoms with Crippen LogP contribution in [0.2, 0.25) is 0 Å². The van der Waals surface area contributed by atoms with E-state index in [1.54, 1.807) is 44.2 Å². The maximum absolute atomic E-state index is 14.4. The number of nitrogens with one attached hydrogen (secondary N) is 8. The first-order valence-electron chi connectivity index (χ1n) is 22.8. The van der Waals surface area contributed by atoms with Gasteiger partial charge in [0.05, 0.1) is 32.8 Å². The molecule has 0 aromatic heterocycles. The summed E-state index contributed by atoms with van der Waals surface area (Å²) in [4.78, 5) is 148. The van der Waals surface area contributed by atoms with Crippen molar-refractivity contribution in [2.24, 2.45) is 28.1 Å². The molecule has 19 N–H and O–H groups in total. The van der Waals surface area contributed by atoms with Crippen molar-refractivity contribution in [3.05, 3.63) is 35.9 Å². The molecule has 2 rings (SSSR count). The van der Waals surface area contributed by atoms with E-state index in [-0.39, 0.29) is 63.5 Å². The van der Waals surface area contributed by atoms with Gasteiger partial charge in [-0.05, 0) is 43.6 Å². The summed E-state index contributed by atoms with van der Waals surface area (Å²) in [7, 11) is 0. The van der Waals surface area contributed by atoms with Crippen molar-refractivity contribution in [2.45, 2.75) is 107 Å². The van der Waals surface area contributed by atoms with Crippen molar-refractivity contribution < 1.29 is 78.3 Å². The fourth-order valence-corrected chi connectivity index (χ4v) is 7.16. The van der Waals surface area contributed by atoms with Crippen LogP contribution in [0.3, 0.4) is 0 Å². The highest BCUT2D eigenvalue weighted by Gasteiger charge is 2.40. The van der Waals surface area contributed by atoms with E-state index in [4.69, 9.17) is 22.3 Å². The molecule has 1 saturated heterocycles. The van der Waals surface area contributed by atoms with Gasteiger partial charge < -0.3 is 90.2 Å². The highest BCUT2D eigenvalue weighted by atomic mass is 16.4. The van der Waals surface area contributed by atoms with Crippen molar-refractivity contribution in [3.63, 3.8) is 0 Å². The zero-order valence-corrected chi connectivity index (χ0v) is 39.8. The summed E-state index contributed by atoms with van der Waals surface area (Å²) in [5.74, 6) is -12.4. The van der Waals surface area contributed by atoms with Crippen LogP contribution < -0.4 is 59.7 Å². The molecule has 0 unspecified atom stereocenters. The molecule has 8 atom stereocenters. The highest BCUT2D eigenvalue weighted by Crippen LogP contribution is 2.20. The fraction of sp³-hybridized carbons (Fsp3) is 0.581. The van der Waals surface area contributed by atoms with E-state index in [2.05, 4.69) is 47.5 Å². The monoisotopic (exact) mass is 1020 g/mol. The zero-order valence-electron chi connectivity index (χ0n) is 39.8. The molecule has 1 aromatic carbocycles. The van der Waals surface area contributed by atoms with E-state index in [9.17, 15) is 73.2 Å². The van der Waals surface area contributed by atoms with Crippen molar-refractivity contribution in [3.8, 4) is 0 Å². The van der Waals surface area contributed by atoms with E-state index in [1.165, 1.54) is 0 Å². The van der Waals surface area contributed by atoms with E-state index < -0.39 is 153 Å². The van der Waals surface area contributed by atoms with E-state index in [0.717, 1.165) is 4.90 Å². The van der Waals surface area contributed by atoms with Gasteiger partial charge in [-0.25, -0.2) is 0 Å². The van der Waals surface area contributed by atoms with Crippen LogP contribution in [0.15, 0.2) is 35.3 Å². The summed E-state index contributed by atoms with van der Waals surface area (Å²) in [5, 5.41) is 66.9. The van der Waals surface area contributed by atoms with Crippen molar-refractivity contribution >= 4 is 71.1 Å². The lowest BCUT2D eigenvalue weighted by atomic mass is 10.0. The fourth-order valence-electron chi connectivity index (χ4n) is 7.16. The molecule has 29 nitrogen and oxygen atoms in total. The first-order chi connectivity index (χ1) is 34.0. The van der Waals surface area contributed by atoms with E-state index in [1.807, 2.05) is 0 Å². The number of aliphatic hydroxyl groups is 3. The molecule has 0 aliphatic carbocycles. The van der Waals surface area contributed by atoms with Gasteiger partial charge in [-0.1, -0.05) is 44.2 Å². The molecule has 0 saturated carbocycles. The second kappa shape index (κ2) is 31.0. The molecular weight excluding hydrogens is 955 g/mol. The Morgan fingerprint density at radius 1 is 0.667 bits per heavy atom. The third kappa shape index (κ3) is 20.8. The van der Waals surface area contributed by atoms with Gasteiger partial charge in [0.25, 0.3) is 0 Å². The van der Waals surface area contributed by atoms with Crippen LogP contribution in [0.4, 0.5) is 0 Å². The normalized spacial score (nSPS) is 15.9. The second-order valence-corrected chi connectivity index (χ2v) is 16.9. The predicted octanol–water partition coefficient (Wildman–Crippen LogP) is -7.68. The summed E-state index contributed by atoms with van der Waals surface area (Å²) in [5.41, 5.74) is 16.6. The summed E-state index contributed by atoms with van der Waals surface area (Å²) >= 11 is 0. The Bertz CT molecular complexity index is 2090. The zero-order chi connectivity index (χ0) is 54.1. The molecule has 1 aromatic rings. The number of guanidine groups is 1. The van der Waals surface area contributed by atoms with Crippen LogP contribution in [0.25, 0.3) is 0 Å². The number of aliphatic imine (C=N–C) groups is 1. The maximum Gasteiger partial charge on any atom is 0.322 e. The van der Waals surface area contributed by atoms with Gasteiger partial charge in [0.2, 0.25) is 53.2 Å². The number of amides is 9. The van der Waals surface area contributed by atoms with Crippen LogP contribution in [0, 0.1) is 5.92 Å². The molecule has 1 aliphatic rings. The SMILES string of the molecule is CC(C)C[C@H](NC(=O)[C@H](CO)NC(=O)[C@@H]1CCCN1C(=O)[C@H](Cc1ccccc1)NC(=O)[C@H](CO)NC(=O)[C@H](CCCN=C(N)N)NC(=O)[C@H](CC(=O)O)NC(=O)[C@H](CO)NC(=O)CN)C(=O)NCC(=O)O. The summed E-state index contributed by atoms with van der Waals surface area (Å²) in [6.45, 7) is -0.895. The van der Waals surface area contributed by atoms with Crippen LogP contribution in [-0.2, 0) is 59.2 Å². The van der Waals surface area contributed by atoms with Crippen LogP contribution >= 0.6 is 0 Å². The Hall–Kier alpha value is -7.50. The highest BCUT2D eigenvalue weighted by molar-refractivity contribution is 5.99. The number of aliphatic hydroxyl groups excluding tert-OH is 3. The molecule has 1 aliphatic heterocycles. The molecule has 400 valence electrons. The summed E-state index contributed by atoms with van der Waals surface area (Å²) < 4.78 is 0. The lowest BCUT2D eigenvalue weighted by Crippen LogP contribution is -2.61. The Labute approximate surface area is 413 Å². The maximum atomic E-state index is 14.4. The number of likely N-dealkylation sites (tertiary alicyclic amines) is 1. The molecule has 1 heterocycles. The smallest absolute Gasteiger partial charge is 0.322 e. The van der Waals surface area contributed by atoms with Gasteiger partial charge >= 0.3 is 11.9 Å². The molecule has 0 spiro atoms. The van der Waals surface area contributed by atoms with Crippen molar-refractivity contribution in [1.29, 1.82) is 0 Å². The van der Waals surface area contributed by atoms with Gasteiger partial charge in [0, 0.05) is 19.5 Å². The third-order valence-corrected chi connectivity index (χ3v) is 10.7. The van der Waals surface area contributed by atoms with Crippen molar-refractivity contribution in [1.82, 2.24) is 47.4 Å². The molecule has 1 fully saturated rings. The number of nitrogens with zero attached hydrogens (tertiary/aromatic N) is 2. The van der Waals surface area contributed by atoms with Gasteiger partial charge in [-0.15, -0.1) is 0 Å². The number of hydrogen-bond donors (Lipinski definition) is 16. The molecule has 0 radical (unpaired) electrons. The van der Waals surface area contributed by atoms with E-state index >= 15 is 0 Å². The van der Waals surface area contributed by atoms with Crippen molar-refractivity contribution in [2.75, 3.05) is 46.0 Å². The third-order valence-electron chi connectivity index (χ3n) is 10.7. The van der Waals surface area contributed by atoms with E-state index in [0.29, 0.717) is 5.56 Å². The largest absolute Gasteiger partial charge is 0.481 e. The summed E-state index contributed by atoms with van der Waals surface area (Å²) in [6.07, 6.45) is -1.08. The molecule has 29 heteroatoms. The van der Waals surface area contributed by atoms with Gasteiger partial charge in [-0.2, -0.15) is 0 Å². The Morgan fingerprint density at radius 2 is 1.18 bits per heavy atom. The topological polar surface area (TPSA) is 479 Å². The summed E-state index contributed by atoms with van der Waals surface area (Å²) in [6, 6.07) is -4.29. The Kier molecular flexibility index (Phi) is 26.1. The van der Waals surface area contributed by atoms with Gasteiger partial charge in [-0.3, -0.25) is 57.7 Å². The number of carbonyl (C=O) groups is 11. The Balaban J connectivity index is 2.37. The molecule has 72 heavy (non-hydrogen) atoms. The first kappa shape index (κ1) is 60.6. The lowest BCUT2D eigenvalue weighted by Gasteiger charge is -2.31. The number of hydrogen-bond acceptors (Lipinski definition) is 16. The number of aliphatic carboxylic acids is 2. The standard InChI is InChI=1S/C43H67N13O16/c1-22(2)14-25(35(65)48-18-34(63)64)51-39(69)30(21-59)55-41(71)31-11-7-13-56(31)42(72)27(15-23-8-4-3-5-9-23)53-40(70)29(20-58)54-36(66)24(10-6-12-47-43(45)46)50-37(67)26(16-33(61)62)52-38(68)28(19-57)49-32(60)17-44/h3-5,8-9,22,24-31,57-59H,6-7,10-21,44H2,1-2H3,(H,48,65)(H,49,60)(H,50,67)(H,51,69)(H,52,68)(H,53,70)(H,54,66)(H,55,71)(H,61,62)(H,63,64)(H4,45,46,47)/t24-,25-,26-,27-,28-,29-,30-,31-/m0/s1. The predicted molar refractivity (Wildman–Crippen MR) is 251 cm³/mol.